The summed E-state index contributed by atoms with van der Waals surface area (Å²) in [5.41, 5.74) is 3.91. The van der Waals surface area contributed by atoms with E-state index in [1.807, 2.05) is 0 Å². The van der Waals surface area contributed by atoms with Crippen LogP contribution in [0.5, 0.6) is 0 Å². The van der Waals surface area contributed by atoms with Crippen molar-refractivity contribution in [3.05, 3.63) is 34.9 Å². The maximum atomic E-state index is 7.72. The average molecular weight is 259 g/mol. The van der Waals surface area contributed by atoms with Gasteiger partial charge in [-0.1, -0.05) is 64.7 Å². The van der Waals surface area contributed by atoms with Crippen LogP contribution in [0.15, 0.2) is 18.2 Å². The Morgan fingerprint density at radius 2 is 1.84 bits per heavy atom. The maximum Gasteiger partial charge on any atom is 0.0255 e. The molecule has 0 aliphatic rings. The zero-order valence-corrected chi connectivity index (χ0v) is 12.8. The van der Waals surface area contributed by atoms with Gasteiger partial charge in [-0.2, -0.15) is 0 Å². The van der Waals surface area contributed by atoms with Gasteiger partial charge in [0.15, 0.2) is 0 Å². The lowest BCUT2D eigenvalue weighted by molar-refractivity contribution is 0.559. The van der Waals surface area contributed by atoms with Crippen molar-refractivity contribution in [2.24, 2.45) is 5.92 Å². The molecule has 0 amide bonds. The van der Waals surface area contributed by atoms with E-state index in [0.29, 0.717) is 5.92 Å². The molecule has 0 fully saturated rings. The highest BCUT2D eigenvalue weighted by atomic mass is 14.3. The molecule has 1 N–H and O–H groups in total. The molecule has 0 radical (unpaired) electrons. The van der Waals surface area contributed by atoms with Gasteiger partial charge in [-0.25, -0.2) is 0 Å². The molecule has 1 heteroatoms. The minimum atomic E-state index is 0.703. The van der Waals surface area contributed by atoms with Gasteiger partial charge >= 0.3 is 0 Å². The van der Waals surface area contributed by atoms with Crippen LogP contribution in [0.1, 0.15) is 69.6 Å². The first kappa shape index (κ1) is 15.9. The zero-order chi connectivity index (χ0) is 14.1. The van der Waals surface area contributed by atoms with Crippen LogP contribution in [0.4, 0.5) is 0 Å². The number of rotatable bonds is 9. The molecule has 1 rings (SSSR count). The molecule has 0 aliphatic carbocycles. The predicted molar refractivity (Wildman–Crippen MR) is 85.3 cm³/mol. The molecular formula is C18H29N. The topological polar surface area (TPSA) is 23.9 Å². The summed E-state index contributed by atoms with van der Waals surface area (Å²) in [7, 11) is 0. The van der Waals surface area contributed by atoms with Crippen LogP contribution in [0, 0.1) is 11.3 Å². The van der Waals surface area contributed by atoms with E-state index in [2.05, 4.69) is 39.0 Å². The SMILES string of the molecule is CCCCCCc1cccc(CC(C)CC)c1C=N. The molecule has 1 aromatic carbocycles. The van der Waals surface area contributed by atoms with E-state index < -0.39 is 0 Å². The summed E-state index contributed by atoms with van der Waals surface area (Å²) < 4.78 is 0. The quantitative estimate of drug-likeness (QED) is 0.454. The molecular weight excluding hydrogens is 230 g/mol. The summed E-state index contributed by atoms with van der Waals surface area (Å²) in [4.78, 5) is 0. The molecule has 0 bridgehead atoms. The fraction of sp³-hybridized carbons (Fsp3) is 0.611. The monoisotopic (exact) mass is 259 g/mol. The van der Waals surface area contributed by atoms with E-state index in [9.17, 15) is 0 Å². The first-order valence-corrected chi connectivity index (χ1v) is 7.84. The van der Waals surface area contributed by atoms with Gasteiger partial charge in [0.25, 0.3) is 0 Å². The Bertz CT molecular complexity index is 381. The Labute approximate surface area is 118 Å². The molecule has 19 heavy (non-hydrogen) atoms. The van der Waals surface area contributed by atoms with E-state index in [1.165, 1.54) is 48.8 Å². The second kappa shape index (κ2) is 8.90. The Balaban J connectivity index is 2.75. The van der Waals surface area contributed by atoms with Gasteiger partial charge in [0.05, 0.1) is 0 Å². The van der Waals surface area contributed by atoms with E-state index in [1.54, 1.807) is 6.21 Å². The maximum absolute atomic E-state index is 7.72. The summed E-state index contributed by atoms with van der Waals surface area (Å²) in [6.45, 7) is 6.78. The molecule has 0 saturated heterocycles. The van der Waals surface area contributed by atoms with Gasteiger partial charge < -0.3 is 5.41 Å². The lowest BCUT2D eigenvalue weighted by Crippen LogP contribution is -2.04. The van der Waals surface area contributed by atoms with Crippen molar-refractivity contribution in [2.45, 2.75) is 65.7 Å². The van der Waals surface area contributed by atoms with Crippen molar-refractivity contribution in [1.29, 1.82) is 5.41 Å². The van der Waals surface area contributed by atoms with Gasteiger partial charge in [-0.3, -0.25) is 0 Å². The Morgan fingerprint density at radius 3 is 2.47 bits per heavy atom. The molecule has 0 spiro atoms. The summed E-state index contributed by atoms with van der Waals surface area (Å²) in [5, 5.41) is 7.72. The minimum absolute atomic E-state index is 0.703. The second-order valence-corrected chi connectivity index (χ2v) is 5.66. The van der Waals surface area contributed by atoms with Crippen molar-refractivity contribution in [1.82, 2.24) is 0 Å². The van der Waals surface area contributed by atoms with Crippen LogP contribution >= 0.6 is 0 Å². The third kappa shape index (κ3) is 5.18. The molecule has 0 saturated carbocycles. The largest absolute Gasteiger partial charge is 0.308 e. The second-order valence-electron chi connectivity index (χ2n) is 5.66. The lowest BCUT2D eigenvalue weighted by Gasteiger charge is -2.14. The molecule has 1 aromatic rings. The number of hydrogen-bond acceptors (Lipinski definition) is 1. The van der Waals surface area contributed by atoms with Crippen LogP contribution in [0.25, 0.3) is 0 Å². The van der Waals surface area contributed by atoms with Crippen molar-refractivity contribution in [3.8, 4) is 0 Å². The Hall–Kier alpha value is -1.11. The van der Waals surface area contributed by atoms with Crippen LogP contribution in [0.2, 0.25) is 0 Å². The highest BCUT2D eigenvalue weighted by Gasteiger charge is 2.08. The van der Waals surface area contributed by atoms with Crippen LogP contribution in [0.3, 0.4) is 0 Å². The molecule has 1 unspecified atom stereocenters. The molecule has 1 nitrogen and oxygen atoms in total. The van der Waals surface area contributed by atoms with Crippen LogP contribution in [-0.2, 0) is 12.8 Å². The van der Waals surface area contributed by atoms with Crippen LogP contribution in [-0.4, -0.2) is 6.21 Å². The minimum Gasteiger partial charge on any atom is -0.308 e. The normalized spacial score (nSPS) is 12.4. The predicted octanol–water partition coefficient (Wildman–Crippen LogP) is 5.40. The van der Waals surface area contributed by atoms with Crippen LogP contribution < -0.4 is 0 Å². The number of unbranched alkanes of at least 4 members (excludes halogenated alkanes) is 3. The number of hydrogen-bond donors (Lipinski definition) is 1. The first-order valence-electron chi connectivity index (χ1n) is 7.84. The summed E-state index contributed by atoms with van der Waals surface area (Å²) >= 11 is 0. The molecule has 0 aliphatic heterocycles. The zero-order valence-electron chi connectivity index (χ0n) is 12.8. The Morgan fingerprint density at radius 1 is 1.11 bits per heavy atom. The third-order valence-electron chi connectivity index (χ3n) is 4.00. The fourth-order valence-electron chi connectivity index (χ4n) is 2.51. The highest BCUT2D eigenvalue weighted by Crippen LogP contribution is 2.20. The first-order chi connectivity index (χ1) is 9.22. The fourth-order valence-corrected chi connectivity index (χ4v) is 2.51. The average Bonchev–Trinajstić information content (AvgIpc) is 2.43. The van der Waals surface area contributed by atoms with E-state index in [4.69, 9.17) is 5.41 Å². The smallest absolute Gasteiger partial charge is 0.0255 e. The molecule has 1 atom stereocenters. The lowest BCUT2D eigenvalue weighted by atomic mass is 9.91. The van der Waals surface area contributed by atoms with Gasteiger partial charge in [-0.15, -0.1) is 0 Å². The summed E-state index contributed by atoms with van der Waals surface area (Å²) in [6.07, 6.45) is 10.2. The molecule has 0 aromatic heterocycles. The van der Waals surface area contributed by atoms with E-state index >= 15 is 0 Å². The molecule has 106 valence electrons. The van der Waals surface area contributed by atoms with Crippen molar-refractivity contribution in [2.75, 3.05) is 0 Å². The van der Waals surface area contributed by atoms with Gasteiger partial charge in [0.1, 0.15) is 0 Å². The van der Waals surface area contributed by atoms with E-state index in [-0.39, 0.29) is 0 Å². The van der Waals surface area contributed by atoms with Gasteiger partial charge in [0.2, 0.25) is 0 Å². The van der Waals surface area contributed by atoms with Gasteiger partial charge in [0, 0.05) is 6.21 Å². The van der Waals surface area contributed by atoms with Gasteiger partial charge in [-0.05, 0) is 41.9 Å². The van der Waals surface area contributed by atoms with E-state index in [0.717, 1.165) is 12.8 Å². The number of nitrogens with one attached hydrogen (secondary N) is 1. The van der Waals surface area contributed by atoms with Crippen molar-refractivity contribution >= 4 is 6.21 Å². The number of benzene rings is 1. The standard InChI is InChI=1S/C18H29N/c1-4-6-7-8-10-16-11-9-12-17(18(16)14-19)13-15(3)5-2/h9,11-12,14-15,19H,4-8,10,13H2,1-3H3. The summed E-state index contributed by atoms with van der Waals surface area (Å²) in [6, 6.07) is 6.56. The summed E-state index contributed by atoms with van der Waals surface area (Å²) in [5.74, 6) is 0.703. The highest BCUT2D eigenvalue weighted by molar-refractivity contribution is 5.81. The Kier molecular flexibility index (Phi) is 7.47. The number of aryl methyl sites for hydroxylation is 1. The third-order valence-corrected chi connectivity index (χ3v) is 4.00. The van der Waals surface area contributed by atoms with Crippen molar-refractivity contribution in [3.63, 3.8) is 0 Å². The van der Waals surface area contributed by atoms with Crippen molar-refractivity contribution < 1.29 is 0 Å². The molecule has 0 heterocycles.